The minimum absolute atomic E-state index is 0.866. The zero-order chi connectivity index (χ0) is 10.1. The predicted molar refractivity (Wildman–Crippen MR) is 60.5 cm³/mol. The molecule has 0 aromatic carbocycles. The van der Waals surface area contributed by atoms with Gasteiger partial charge in [-0.15, -0.1) is 0 Å². The fraction of sp³-hybridized carbons (Fsp3) is 0.600. The molecule has 0 atom stereocenters. The van der Waals surface area contributed by atoms with Crippen LogP contribution in [-0.4, -0.2) is 28.8 Å². The molecule has 0 saturated carbocycles. The molecule has 1 rings (SSSR count). The summed E-state index contributed by atoms with van der Waals surface area (Å²) >= 11 is 1.69. The maximum Gasteiger partial charge on any atom is 0.187 e. The summed E-state index contributed by atoms with van der Waals surface area (Å²) in [5.74, 6) is 1.04. The molecule has 1 aromatic heterocycles. The summed E-state index contributed by atoms with van der Waals surface area (Å²) in [4.78, 5) is 8.27. The predicted octanol–water partition coefficient (Wildman–Crippen LogP) is 1.96. The van der Waals surface area contributed by atoms with E-state index in [0.29, 0.717) is 0 Å². The SMILES string of the molecule is CCCCNCCSc1ncccn1. The number of hydrogen-bond acceptors (Lipinski definition) is 4. The van der Waals surface area contributed by atoms with Gasteiger partial charge in [0.05, 0.1) is 0 Å². The smallest absolute Gasteiger partial charge is 0.187 e. The molecule has 1 N–H and O–H groups in total. The van der Waals surface area contributed by atoms with Crippen molar-refractivity contribution in [3.8, 4) is 0 Å². The molecule has 1 aromatic rings. The molecule has 0 saturated heterocycles. The Balaban J connectivity index is 1.99. The van der Waals surface area contributed by atoms with Gasteiger partial charge in [0, 0.05) is 24.7 Å². The summed E-state index contributed by atoms with van der Waals surface area (Å²) in [6, 6.07) is 1.84. The third kappa shape index (κ3) is 5.19. The van der Waals surface area contributed by atoms with Crippen molar-refractivity contribution in [1.82, 2.24) is 15.3 Å². The van der Waals surface area contributed by atoms with Crippen molar-refractivity contribution in [2.75, 3.05) is 18.8 Å². The highest BCUT2D eigenvalue weighted by Gasteiger charge is 1.94. The van der Waals surface area contributed by atoms with Gasteiger partial charge >= 0.3 is 0 Å². The molecule has 0 aliphatic rings. The van der Waals surface area contributed by atoms with E-state index in [0.717, 1.165) is 24.0 Å². The topological polar surface area (TPSA) is 37.8 Å². The van der Waals surface area contributed by atoms with E-state index in [-0.39, 0.29) is 0 Å². The van der Waals surface area contributed by atoms with E-state index in [1.807, 2.05) is 6.07 Å². The Morgan fingerprint density at radius 3 is 2.79 bits per heavy atom. The van der Waals surface area contributed by atoms with E-state index in [4.69, 9.17) is 0 Å². The number of thioether (sulfide) groups is 1. The molecule has 0 fully saturated rings. The van der Waals surface area contributed by atoms with Gasteiger partial charge in [0.25, 0.3) is 0 Å². The van der Waals surface area contributed by atoms with Crippen molar-refractivity contribution in [2.45, 2.75) is 24.9 Å². The summed E-state index contributed by atoms with van der Waals surface area (Å²) in [5, 5.41) is 4.25. The highest BCUT2D eigenvalue weighted by Crippen LogP contribution is 2.08. The van der Waals surface area contributed by atoms with E-state index >= 15 is 0 Å². The third-order valence-corrected chi connectivity index (χ3v) is 2.64. The lowest BCUT2D eigenvalue weighted by Crippen LogP contribution is -2.18. The maximum absolute atomic E-state index is 4.14. The molecule has 0 unspecified atom stereocenters. The molecule has 14 heavy (non-hydrogen) atoms. The summed E-state index contributed by atoms with van der Waals surface area (Å²) in [6.45, 7) is 4.35. The Morgan fingerprint density at radius 1 is 1.29 bits per heavy atom. The molecule has 0 aliphatic heterocycles. The first kappa shape index (κ1) is 11.5. The van der Waals surface area contributed by atoms with Crippen molar-refractivity contribution >= 4 is 11.8 Å². The molecule has 0 radical (unpaired) electrons. The molecule has 0 bridgehead atoms. The van der Waals surface area contributed by atoms with Crippen LogP contribution in [0.1, 0.15) is 19.8 Å². The molecule has 0 spiro atoms. The van der Waals surface area contributed by atoms with Crippen LogP contribution in [-0.2, 0) is 0 Å². The van der Waals surface area contributed by atoms with Crippen molar-refractivity contribution in [3.05, 3.63) is 18.5 Å². The molecule has 0 aliphatic carbocycles. The first-order valence-electron chi connectivity index (χ1n) is 5.04. The van der Waals surface area contributed by atoms with Crippen molar-refractivity contribution in [3.63, 3.8) is 0 Å². The Kier molecular flexibility index (Phi) is 6.36. The van der Waals surface area contributed by atoms with Crippen LogP contribution >= 0.6 is 11.8 Å². The number of nitrogens with one attached hydrogen (secondary N) is 1. The average Bonchev–Trinajstić information content (AvgIpc) is 2.25. The van der Waals surface area contributed by atoms with Gasteiger partial charge in [-0.2, -0.15) is 0 Å². The number of rotatable bonds is 7. The van der Waals surface area contributed by atoms with Gasteiger partial charge in [0.1, 0.15) is 0 Å². The van der Waals surface area contributed by atoms with Crippen LogP contribution in [0, 0.1) is 0 Å². The maximum atomic E-state index is 4.14. The Hall–Kier alpha value is -0.610. The standard InChI is InChI=1S/C10H17N3S/c1-2-3-5-11-8-9-14-10-12-6-4-7-13-10/h4,6-7,11H,2-3,5,8-9H2,1H3. The Bertz CT molecular complexity index is 228. The second-order valence-electron chi connectivity index (χ2n) is 2.98. The van der Waals surface area contributed by atoms with Crippen LogP contribution in [0.4, 0.5) is 0 Å². The first-order valence-corrected chi connectivity index (χ1v) is 6.02. The van der Waals surface area contributed by atoms with Gasteiger partial charge in [-0.1, -0.05) is 25.1 Å². The summed E-state index contributed by atoms with van der Waals surface area (Å²) < 4.78 is 0. The highest BCUT2D eigenvalue weighted by molar-refractivity contribution is 7.99. The number of hydrogen-bond donors (Lipinski definition) is 1. The molecule has 1 heterocycles. The molecule has 3 nitrogen and oxygen atoms in total. The van der Waals surface area contributed by atoms with Crippen molar-refractivity contribution in [1.29, 1.82) is 0 Å². The largest absolute Gasteiger partial charge is 0.316 e. The number of unbranched alkanes of at least 4 members (excludes halogenated alkanes) is 1. The van der Waals surface area contributed by atoms with Gasteiger partial charge in [-0.25, -0.2) is 9.97 Å². The Morgan fingerprint density at radius 2 is 2.07 bits per heavy atom. The highest BCUT2D eigenvalue weighted by atomic mass is 32.2. The Labute approximate surface area is 89.7 Å². The van der Waals surface area contributed by atoms with Crippen molar-refractivity contribution < 1.29 is 0 Å². The fourth-order valence-corrected chi connectivity index (χ4v) is 1.70. The van der Waals surface area contributed by atoms with Crippen LogP contribution in [0.25, 0.3) is 0 Å². The second-order valence-corrected chi connectivity index (χ2v) is 4.05. The van der Waals surface area contributed by atoms with Crippen LogP contribution in [0.3, 0.4) is 0 Å². The zero-order valence-corrected chi connectivity index (χ0v) is 9.39. The van der Waals surface area contributed by atoms with E-state index in [1.54, 1.807) is 24.2 Å². The van der Waals surface area contributed by atoms with Crippen LogP contribution < -0.4 is 5.32 Å². The lowest BCUT2D eigenvalue weighted by Gasteiger charge is -2.02. The van der Waals surface area contributed by atoms with Gasteiger partial charge < -0.3 is 5.32 Å². The first-order chi connectivity index (χ1) is 6.93. The monoisotopic (exact) mass is 211 g/mol. The van der Waals surface area contributed by atoms with Crippen LogP contribution in [0.5, 0.6) is 0 Å². The van der Waals surface area contributed by atoms with E-state index in [2.05, 4.69) is 22.2 Å². The quantitative estimate of drug-likeness (QED) is 0.425. The average molecular weight is 211 g/mol. The molecular formula is C10H17N3S. The summed E-state index contributed by atoms with van der Waals surface area (Å²) in [6.07, 6.45) is 6.06. The normalized spacial score (nSPS) is 10.4. The van der Waals surface area contributed by atoms with Crippen LogP contribution in [0.15, 0.2) is 23.6 Å². The van der Waals surface area contributed by atoms with E-state index < -0.39 is 0 Å². The number of nitrogens with zero attached hydrogens (tertiary/aromatic N) is 2. The van der Waals surface area contributed by atoms with Crippen LogP contribution in [0.2, 0.25) is 0 Å². The van der Waals surface area contributed by atoms with Gasteiger partial charge in [-0.3, -0.25) is 0 Å². The lowest BCUT2D eigenvalue weighted by molar-refractivity contribution is 0.666. The number of aromatic nitrogens is 2. The summed E-state index contributed by atoms with van der Waals surface area (Å²) in [7, 11) is 0. The van der Waals surface area contributed by atoms with Crippen molar-refractivity contribution in [2.24, 2.45) is 0 Å². The molecule has 0 amide bonds. The zero-order valence-electron chi connectivity index (χ0n) is 8.57. The minimum Gasteiger partial charge on any atom is -0.316 e. The van der Waals surface area contributed by atoms with Gasteiger partial charge in [0.2, 0.25) is 0 Å². The van der Waals surface area contributed by atoms with Gasteiger partial charge in [0.15, 0.2) is 5.16 Å². The lowest BCUT2D eigenvalue weighted by atomic mass is 10.3. The molecule has 78 valence electrons. The van der Waals surface area contributed by atoms with Gasteiger partial charge in [-0.05, 0) is 19.0 Å². The molecular weight excluding hydrogens is 194 g/mol. The summed E-state index contributed by atoms with van der Waals surface area (Å²) in [5.41, 5.74) is 0. The third-order valence-electron chi connectivity index (χ3n) is 1.76. The fourth-order valence-electron chi connectivity index (χ4n) is 1.00. The second kappa shape index (κ2) is 7.76. The molecule has 4 heteroatoms. The van der Waals surface area contributed by atoms with E-state index in [9.17, 15) is 0 Å². The minimum atomic E-state index is 0.866. The van der Waals surface area contributed by atoms with E-state index in [1.165, 1.54) is 12.8 Å².